The van der Waals surface area contributed by atoms with Crippen molar-refractivity contribution in [2.75, 3.05) is 0 Å². The zero-order chi connectivity index (χ0) is 12.8. The lowest BCUT2D eigenvalue weighted by atomic mass is 9.70. The summed E-state index contributed by atoms with van der Waals surface area (Å²) >= 11 is 6.84. The molecule has 0 radical (unpaired) electrons. The second kappa shape index (κ2) is 4.44. The molecule has 2 nitrogen and oxygen atoms in total. The van der Waals surface area contributed by atoms with E-state index in [2.05, 4.69) is 40.4 Å². The summed E-state index contributed by atoms with van der Waals surface area (Å²) in [5, 5.41) is 12.5. The van der Waals surface area contributed by atoms with E-state index in [1.54, 1.807) is 22.7 Å². The fourth-order valence-electron chi connectivity index (χ4n) is 2.17. The van der Waals surface area contributed by atoms with Crippen molar-refractivity contribution in [2.45, 2.75) is 31.6 Å². The maximum atomic E-state index is 9.38. The zero-order valence-electron chi connectivity index (χ0n) is 9.86. The maximum absolute atomic E-state index is 9.38. The van der Waals surface area contributed by atoms with Crippen LogP contribution in [0.5, 0.6) is 0 Å². The van der Waals surface area contributed by atoms with Gasteiger partial charge in [-0.3, -0.25) is 0 Å². The van der Waals surface area contributed by atoms with Crippen LogP contribution >= 0.6 is 38.6 Å². The Morgan fingerprint density at radius 3 is 2.78 bits per heavy atom. The maximum Gasteiger partial charge on any atom is 0.114 e. The third kappa shape index (κ3) is 1.83. The summed E-state index contributed by atoms with van der Waals surface area (Å²) in [5.41, 5.74) is 0.759. The molecule has 0 aromatic carbocycles. The van der Waals surface area contributed by atoms with Gasteiger partial charge >= 0.3 is 0 Å². The molecule has 2 aromatic heterocycles. The molecule has 3 rings (SSSR count). The third-order valence-corrected chi connectivity index (χ3v) is 6.30. The molecule has 18 heavy (non-hydrogen) atoms. The lowest BCUT2D eigenvalue weighted by Gasteiger charge is -2.32. The number of hydrogen-bond acceptors (Lipinski definition) is 4. The van der Waals surface area contributed by atoms with E-state index < -0.39 is 0 Å². The minimum Gasteiger partial charge on any atom is -0.238 e. The van der Waals surface area contributed by atoms with E-state index in [0.717, 1.165) is 34.4 Å². The number of hydrogen-bond donors (Lipinski definition) is 0. The summed E-state index contributed by atoms with van der Waals surface area (Å²) in [6.45, 7) is 2.09. The molecular formula is C13H11BrN2S2. The van der Waals surface area contributed by atoms with Crippen molar-refractivity contribution in [1.29, 1.82) is 5.26 Å². The fourth-order valence-corrected chi connectivity index (χ4v) is 4.83. The fraction of sp³-hybridized carbons (Fsp3) is 0.385. The molecule has 0 unspecified atom stereocenters. The Balaban J connectivity index is 2.04. The molecule has 1 aliphatic carbocycles. The summed E-state index contributed by atoms with van der Waals surface area (Å²) in [6.07, 6.45) is 3.07. The summed E-state index contributed by atoms with van der Waals surface area (Å²) in [7, 11) is 0. The van der Waals surface area contributed by atoms with Gasteiger partial charge in [0.2, 0.25) is 0 Å². The number of aryl methyl sites for hydroxylation is 1. The monoisotopic (exact) mass is 338 g/mol. The van der Waals surface area contributed by atoms with Gasteiger partial charge in [0.25, 0.3) is 0 Å². The van der Waals surface area contributed by atoms with E-state index in [9.17, 15) is 5.26 Å². The van der Waals surface area contributed by atoms with E-state index in [0.29, 0.717) is 0 Å². The van der Waals surface area contributed by atoms with Crippen LogP contribution in [-0.4, -0.2) is 4.98 Å². The number of nitriles is 1. The quantitative estimate of drug-likeness (QED) is 0.781. The minimum absolute atomic E-state index is 0.290. The topological polar surface area (TPSA) is 36.7 Å². The second-order valence-corrected chi connectivity index (χ2v) is 7.63. The third-order valence-electron chi connectivity index (χ3n) is 3.43. The molecule has 0 saturated heterocycles. The summed E-state index contributed by atoms with van der Waals surface area (Å²) < 4.78 is 1.09. The molecule has 2 heterocycles. The highest BCUT2D eigenvalue weighted by atomic mass is 79.9. The average Bonchev–Trinajstić information content (AvgIpc) is 2.85. The van der Waals surface area contributed by atoms with E-state index >= 15 is 0 Å². The molecule has 0 bridgehead atoms. The number of rotatable bonds is 2. The van der Waals surface area contributed by atoms with Gasteiger partial charge in [-0.15, -0.1) is 22.7 Å². The molecular weight excluding hydrogens is 328 g/mol. The number of thiazole rings is 1. The predicted molar refractivity (Wildman–Crippen MR) is 79.0 cm³/mol. The standard InChI is InChI=1S/C13H11BrN2S2/c1-8-11(10-5-9(14)6-17-10)16-12(18-8)13(7-15)3-2-4-13/h5-6H,2-4H2,1H3. The normalized spacial score (nSPS) is 17.2. The first kappa shape index (κ1) is 12.3. The van der Waals surface area contributed by atoms with Crippen molar-refractivity contribution in [3.8, 4) is 16.6 Å². The molecule has 0 N–H and O–H groups in total. The van der Waals surface area contributed by atoms with E-state index in [4.69, 9.17) is 4.98 Å². The van der Waals surface area contributed by atoms with E-state index in [-0.39, 0.29) is 5.41 Å². The Labute approximate surface area is 122 Å². The summed E-state index contributed by atoms with van der Waals surface area (Å²) in [4.78, 5) is 7.13. The van der Waals surface area contributed by atoms with Gasteiger partial charge in [0, 0.05) is 14.7 Å². The van der Waals surface area contributed by atoms with Gasteiger partial charge < -0.3 is 0 Å². The van der Waals surface area contributed by atoms with Crippen molar-refractivity contribution in [3.63, 3.8) is 0 Å². The summed E-state index contributed by atoms with van der Waals surface area (Å²) in [6, 6.07) is 4.56. The molecule has 1 saturated carbocycles. The van der Waals surface area contributed by atoms with Crippen molar-refractivity contribution in [3.05, 3.63) is 25.8 Å². The van der Waals surface area contributed by atoms with Gasteiger partial charge in [-0.05, 0) is 48.2 Å². The van der Waals surface area contributed by atoms with Crippen molar-refractivity contribution in [1.82, 2.24) is 4.98 Å². The highest BCUT2D eigenvalue weighted by Crippen LogP contribution is 2.46. The predicted octanol–water partition coefficient (Wildman–Crippen LogP) is 4.89. The van der Waals surface area contributed by atoms with Crippen LogP contribution < -0.4 is 0 Å². The minimum atomic E-state index is -0.290. The van der Waals surface area contributed by atoms with E-state index in [1.165, 1.54) is 9.75 Å². The van der Waals surface area contributed by atoms with Gasteiger partial charge in [0.15, 0.2) is 0 Å². The van der Waals surface area contributed by atoms with E-state index in [1.807, 2.05) is 0 Å². The van der Waals surface area contributed by atoms with Crippen LogP contribution in [0.4, 0.5) is 0 Å². The van der Waals surface area contributed by atoms with Gasteiger partial charge in [0.05, 0.1) is 16.6 Å². The number of thiophene rings is 1. The zero-order valence-corrected chi connectivity index (χ0v) is 13.1. The smallest absolute Gasteiger partial charge is 0.114 e. The van der Waals surface area contributed by atoms with Crippen LogP contribution in [0.1, 0.15) is 29.1 Å². The number of aromatic nitrogens is 1. The second-order valence-electron chi connectivity index (χ2n) is 4.60. The van der Waals surface area contributed by atoms with Crippen LogP contribution in [0.3, 0.4) is 0 Å². The molecule has 5 heteroatoms. The number of halogens is 1. The van der Waals surface area contributed by atoms with Crippen LogP contribution in [0.2, 0.25) is 0 Å². The van der Waals surface area contributed by atoms with Gasteiger partial charge in [-0.25, -0.2) is 4.98 Å². The Morgan fingerprint density at radius 1 is 1.50 bits per heavy atom. The van der Waals surface area contributed by atoms with Gasteiger partial charge in [-0.1, -0.05) is 0 Å². The van der Waals surface area contributed by atoms with Crippen molar-refractivity contribution >= 4 is 38.6 Å². The van der Waals surface area contributed by atoms with Crippen molar-refractivity contribution in [2.24, 2.45) is 0 Å². The van der Waals surface area contributed by atoms with Crippen LogP contribution in [0.25, 0.3) is 10.6 Å². The average molecular weight is 339 g/mol. The largest absolute Gasteiger partial charge is 0.238 e. The van der Waals surface area contributed by atoms with Gasteiger partial charge in [-0.2, -0.15) is 5.26 Å². The Morgan fingerprint density at radius 2 is 2.28 bits per heavy atom. The lowest BCUT2D eigenvalue weighted by Crippen LogP contribution is -2.32. The van der Waals surface area contributed by atoms with Crippen LogP contribution in [0, 0.1) is 18.3 Å². The SMILES string of the molecule is Cc1sc(C2(C#N)CCC2)nc1-c1cc(Br)cs1. The summed E-state index contributed by atoms with van der Waals surface area (Å²) in [5.74, 6) is 0. The molecule has 92 valence electrons. The van der Waals surface area contributed by atoms with Crippen LogP contribution in [0.15, 0.2) is 15.9 Å². The molecule has 2 aromatic rings. The first-order chi connectivity index (χ1) is 8.64. The lowest BCUT2D eigenvalue weighted by molar-refractivity contribution is 0.323. The first-order valence-electron chi connectivity index (χ1n) is 5.78. The molecule has 1 aliphatic rings. The van der Waals surface area contributed by atoms with Crippen LogP contribution in [-0.2, 0) is 5.41 Å². The highest BCUT2D eigenvalue weighted by molar-refractivity contribution is 9.10. The van der Waals surface area contributed by atoms with Gasteiger partial charge in [0.1, 0.15) is 10.4 Å². The molecule has 1 fully saturated rings. The Kier molecular flexibility index (Phi) is 3.05. The molecule has 0 spiro atoms. The first-order valence-corrected chi connectivity index (χ1v) is 8.27. The number of nitrogens with zero attached hydrogens (tertiary/aromatic N) is 2. The molecule has 0 atom stereocenters. The van der Waals surface area contributed by atoms with Crippen molar-refractivity contribution < 1.29 is 0 Å². The molecule has 0 aliphatic heterocycles. The Bertz CT molecular complexity index is 632. The highest BCUT2D eigenvalue weighted by Gasteiger charge is 2.42. The Hall–Kier alpha value is -0.700. The molecule has 0 amide bonds.